The first-order valence-corrected chi connectivity index (χ1v) is 9.42. The Morgan fingerprint density at radius 2 is 1.71 bits per heavy atom. The molecule has 0 heterocycles. The van der Waals surface area contributed by atoms with Crippen LogP contribution in [0.2, 0.25) is 0 Å². The summed E-state index contributed by atoms with van der Waals surface area (Å²) in [5.41, 5.74) is 1.05. The van der Waals surface area contributed by atoms with Crippen LogP contribution in [0.25, 0.3) is 0 Å². The Morgan fingerprint density at radius 3 is 2.50 bits per heavy atom. The smallest absolute Gasteiger partial charge is 0.224 e. The fraction of sp³-hybridized carbons (Fsp3) is 0.650. The predicted octanol–water partition coefficient (Wildman–Crippen LogP) is 3.66. The lowest BCUT2D eigenvalue weighted by molar-refractivity contribution is -0.120. The van der Waals surface area contributed by atoms with Crippen molar-refractivity contribution in [2.75, 3.05) is 26.4 Å². The van der Waals surface area contributed by atoms with Crippen LogP contribution in [0.4, 0.5) is 0 Å². The summed E-state index contributed by atoms with van der Waals surface area (Å²) in [4.78, 5) is 11.8. The minimum Gasteiger partial charge on any atom is -0.366 e. The third-order valence-electron chi connectivity index (χ3n) is 3.91. The number of ether oxygens (including phenoxy) is 1. The number of hydrogen-bond donors (Lipinski definition) is 2. The molecule has 1 aromatic carbocycles. The van der Waals surface area contributed by atoms with Crippen molar-refractivity contribution < 1.29 is 9.53 Å². The molecule has 0 aliphatic heterocycles. The zero-order valence-electron chi connectivity index (χ0n) is 15.2. The van der Waals surface area contributed by atoms with E-state index in [0.29, 0.717) is 13.2 Å². The minimum atomic E-state index is 0.0897. The molecule has 0 saturated heterocycles. The molecule has 0 aliphatic rings. The van der Waals surface area contributed by atoms with Crippen LogP contribution in [0.5, 0.6) is 0 Å². The molecule has 2 N–H and O–H groups in total. The van der Waals surface area contributed by atoms with Crippen molar-refractivity contribution in [2.24, 2.45) is 0 Å². The molecule has 0 atom stereocenters. The van der Waals surface area contributed by atoms with Crippen molar-refractivity contribution >= 4 is 5.91 Å². The van der Waals surface area contributed by atoms with Crippen LogP contribution < -0.4 is 10.6 Å². The predicted molar refractivity (Wildman–Crippen MR) is 100.0 cm³/mol. The van der Waals surface area contributed by atoms with Crippen LogP contribution in [0.3, 0.4) is 0 Å². The topological polar surface area (TPSA) is 50.4 Å². The van der Waals surface area contributed by atoms with Crippen LogP contribution in [0.15, 0.2) is 30.3 Å². The highest BCUT2D eigenvalue weighted by molar-refractivity contribution is 5.78. The van der Waals surface area contributed by atoms with E-state index in [9.17, 15) is 4.79 Å². The van der Waals surface area contributed by atoms with Crippen LogP contribution in [0.1, 0.15) is 57.4 Å². The first-order chi connectivity index (χ1) is 11.8. The molecule has 0 bridgehead atoms. The Kier molecular flexibility index (Phi) is 13.0. The van der Waals surface area contributed by atoms with Crippen molar-refractivity contribution in [3.05, 3.63) is 35.9 Å². The van der Waals surface area contributed by atoms with Crippen molar-refractivity contribution in [3.8, 4) is 0 Å². The van der Waals surface area contributed by atoms with Gasteiger partial charge in [0.05, 0.1) is 13.2 Å². The van der Waals surface area contributed by atoms with Crippen molar-refractivity contribution in [2.45, 2.75) is 58.3 Å². The average molecular weight is 335 g/mol. The van der Waals surface area contributed by atoms with E-state index in [-0.39, 0.29) is 5.91 Å². The van der Waals surface area contributed by atoms with E-state index in [1.165, 1.54) is 32.1 Å². The summed E-state index contributed by atoms with van der Waals surface area (Å²) in [7, 11) is 0. The minimum absolute atomic E-state index is 0.0897. The average Bonchev–Trinajstić information content (AvgIpc) is 2.60. The fourth-order valence-corrected chi connectivity index (χ4v) is 2.47. The summed E-state index contributed by atoms with van der Waals surface area (Å²) >= 11 is 0. The molecule has 0 radical (unpaired) electrons. The third-order valence-corrected chi connectivity index (χ3v) is 3.91. The maximum absolute atomic E-state index is 11.8. The van der Waals surface area contributed by atoms with Gasteiger partial charge in [-0.05, 0) is 31.4 Å². The van der Waals surface area contributed by atoms with Gasteiger partial charge in [0.1, 0.15) is 0 Å². The highest BCUT2D eigenvalue weighted by Crippen LogP contribution is 2.01. The molecule has 4 heteroatoms. The molecule has 4 nitrogen and oxygen atoms in total. The quantitative estimate of drug-likeness (QED) is 0.380. The van der Waals surface area contributed by atoms with Gasteiger partial charge in [-0.15, -0.1) is 0 Å². The fourth-order valence-electron chi connectivity index (χ4n) is 2.47. The summed E-state index contributed by atoms with van der Waals surface area (Å²) < 4.78 is 5.54. The van der Waals surface area contributed by atoms with Gasteiger partial charge >= 0.3 is 0 Å². The standard InChI is InChI=1S/C20H34N2O2/c1-2-3-4-5-9-14-21-18-24-16-11-10-15-22-20(23)17-19-12-7-6-8-13-19/h6-8,12-13,21H,2-5,9-11,14-18H2,1H3,(H,22,23). The summed E-state index contributed by atoms with van der Waals surface area (Å²) in [6.45, 7) is 5.38. The number of hydrogen-bond acceptors (Lipinski definition) is 3. The first kappa shape index (κ1) is 20.7. The SMILES string of the molecule is CCCCCCCNCOCCCCNC(=O)Cc1ccccc1. The molecule has 0 saturated carbocycles. The largest absolute Gasteiger partial charge is 0.366 e. The molecule has 1 rings (SSSR count). The molecule has 0 spiro atoms. The molecule has 0 unspecified atom stereocenters. The Morgan fingerprint density at radius 1 is 0.958 bits per heavy atom. The van der Waals surface area contributed by atoms with E-state index in [2.05, 4.69) is 17.6 Å². The number of unbranched alkanes of at least 4 members (excludes halogenated alkanes) is 5. The van der Waals surface area contributed by atoms with Gasteiger partial charge < -0.3 is 10.1 Å². The van der Waals surface area contributed by atoms with Crippen LogP contribution in [-0.2, 0) is 16.0 Å². The molecular formula is C20H34N2O2. The zero-order valence-corrected chi connectivity index (χ0v) is 15.2. The second-order valence-electron chi connectivity index (χ2n) is 6.19. The highest BCUT2D eigenvalue weighted by atomic mass is 16.5. The summed E-state index contributed by atoms with van der Waals surface area (Å²) in [5, 5.41) is 6.26. The lowest BCUT2D eigenvalue weighted by Crippen LogP contribution is -2.26. The molecule has 0 fully saturated rings. The normalized spacial score (nSPS) is 10.7. The maximum Gasteiger partial charge on any atom is 0.224 e. The summed E-state index contributed by atoms with van der Waals surface area (Å²) in [6, 6.07) is 9.83. The third kappa shape index (κ3) is 12.1. The Balaban J connectivity index is 1.81. The van der Waals surface area contributed by atoms with E-state index in [0.717, 1.165) is 38.1 Å². The second-order valence-corrected chi connectivity index (χ2v) is 6.19. The molecule has 0 aliphatic carbocycles. The van der Waals surface area contributed by atoms with E-state index >= 15 is 0 Å². The van der Waals surface area contributed by atoms with E-state index in [1.807, 2.05) is 30.3 Å². The van der Waals surface area contributed by atoms with Crippen molar-refractivity contribution in [1.82, 2.24) is 10.6 Å². The molecule has 1 aromatic rings. The molecule has 1 amide bonds. The lowest BCUT2D eigenvalue weighted by atomic mass is 10.1. The van der Waals surface area contributed by atoms with Gasteiger partial charge in [-0.3, -0.25) is 10.1 Å². The second kappa shape index (κ2) is 15.2. The number of benzene rings is 1. The van der Waals surface area contributed by atoms with E-state index in [1.54, 1.807) is 0 Å². The van der Waals surface area contributed by atoms with Gasteiger partial charge in [-0.1, -0.05) is 62.9 Å². The summed E-state index contributed by atoms with van der Waals surface area (Å²) in [5.74, 6) is 0.0897. The van der Waals surface area contributed by atoms with Crippen LogP contribution in [0, 0.1) is 0 Å². The van der Waals surface area contributed by atoms with Gasteiger partial charge in [0.25, 0.3) is 0 Å². The Labute approximate surface area is 147 Å². The van der Waals surface area contributed by atoms with Crippen LogP contribution in [-0.4, -0.2) is 32.3 Å². The van der Waals surface area contributed by atoms with E-state index in [4.69, 9.17) is 4.74 Å². The lowest BCUT2D eigenvalue weighted by Gasteiger charge is -2.07. The molecule has 24 heavy (non-hydrogen) atoms. The Hall–Kier alpha value is -1.39. The van der Waals surface area contributed by atoms with Gasteiger partial charge in [-0.2, -0.15) is 0 Å². The van der Waals surface area contributed by atoms with Gasteiger partial charge in [0.2, 0.25) is 5.91 Å². The molecule has 136 valence electrons. The van der Waals surface area contributed by atoms with Gasteiger partial charge in [0, 0.05) is 13.2 Å². The van der Waals surface area contributed by atoms with Crippen LogP contribution >= 0.6 is 0 Å². The number of rotatable bonds is 15. The molecular weight excluding hydrogens is 300 g/mol. The number of nitrogens with one attached hydrogen (secondary N) is 2. The molecule has 0 aromatic heterocycles. The number of amides is 1. The van der Waals surface area contributed by atoms with Gasteiger partial charge in [-0.25, -0.2) is 0 Å². The maximum atomic E-state index is 11.8. The number of carbonyl (C=O) groups excluding carboxylic acids is 1. The van der Waals surface area contributed by atoms with E-state index < -0.39 is 0 Å². The first-order valence-electron chi connectivity index (χ1n) is 9.42. The summed E-state index contributed by atoms with van der Waals surface area (Å²) in [6.07, 6.45) is 8.91. The highest BCUT2D eigenvalue weighted by Gasteiger charge is 2.01. The Bertz CT molecular complexity index is 409. The number of carbonyl (C=O) groups is 1. The van der Waals surface area contributed by atoms with Crippen molar-refractivity contribution in [1.29, 1.82) is 0 Å². The van der Waals surface area contributed by atoms with Gasteiger partial charge in [0.15, 0.2) is 0 Å². The van der Waals surface area contributed by atoms with Crippen molar-refractivity contribution in [3.63, 3.8) is 0 Å². The zero-order chi connectivity index (χ0) is 17.3. The monoisotopic (exact) mass is 334 g/mol.